The smallest absolute Gasteiger partial charge is 0.227 e. The minimum Gasteiger partial charge on any atom is -0.353 e. The number of rotatable bonds is 4. The molecule has 0 aromatic carbocycles. The Hall–Kier alpha value is -1.59. The van der Waals surface area contributed by atoms with Gasteiger partial charge < -0.3 is 15.1 Å². The van der Waals surface area contributed by atoms with E-state index in [-0.39, 0.29) is 40.6 Å². The van der Waals surface area contributed by atoms with Gasteiger partial charge in [0.25, 0.3) is 0 Å². The highest BCUT2D eigenvalue weighted by Gasteiger charge is 2.51. The molecule has 6 fully saturated rings. The van der Waals surface area contributed by atoms with Gasteiger partial charge in [0.05, 0.1) is 5.92 Å². The molecule has 1 unspecified atom stereocenters. The molecule has 0 aromatic heterocycles. The van der Waals surface area contributed by atoms with Crippen molar-refractivity contribution in [3.63, 3.8) is 0 Å². The Kier molecular flexibility index (Phi) is 5.57. The fourth-order valence-electron chi connectivity index (χ4n) is 8.15. The Morgan fingerprint density at radius 2 is 1.56 bits per heavy atom. The number of hydrogen-bond donors (Lipinski definition) is 1. The Morgan fingerprint density at radius 3 is 2.06 bits per heavy atom. The lowest BCUT2D eigenvalue weighted by Gasteiger charge is -2.56. The van der Waals surface area contributed by atoms with E-state index in [4.69, 9.17) is 0 Å². The summed E-state index contributed by atoms with van der Waals surface area (Å²) in [6.07, 6.45) is 10.7. The molecule has 4 bridgehead atoms. The van der Waals surface area contributed by atoms with Crippen LogP contribution in [0.15, 0.2) is 0 Å². The van der Waals surface area contributed by atoms with Crippen molar-refractivity contribution in [3.05, 3.63) is 0 Å². The number of hydrogen-bond acceptors (Lipinski definition) is 3. The van der Waals surface area contributed by atoms with Crippen LogP contribution >= 0.6 is 0 Å². The van der Waals surface area contributed by atoms with Crippen molar-refractivity contribution in [1.29, 1.82) is 0 Å². The summed E-state index contributed by atoms with van der Waals surface area (Å²) < 4.78 is 0. The largest absolute Gasteiger partial charge is 0.353 e. The van der Waals surface area contributed by atoms with Gasteiger partial charge >= 0.3 is 0 Å². The molecule has 0 spiro atoms. The van der Waals surface area contributed by atoms with E-state index in [1.165, 1.54) is 38.5 Å². The first-order valence-electron chi connectivity index (χ1n) is 13.0. The molecular weight excluding hydrogens is 402 g/mol. The van der Waals surface area contributed by atoms with Crippen LogP contribution in [0.25, 0.3) is 0 Å². The predicted octanol–water partition coefficient (Wildman–Crippen LogP) is 3.35. The van der Waals surface area contributed by atoms with Gasteiger partial charge in [-0.2, -0.15) is 0 Å². The Bertz CT molecular complexity index is 742. The summed E-state index contributed by atoms with van der Waals surface area (Å²) in [5, 5.41) is 3.32. The average Bonchev–Trinajstić information content (AvgIpc) is 3.08. The number of carbonyl (C=O) groups is 3. The number of likely N-dealkylation sites (tertiary alicyclic amines) is 2. The molecule has 2 saturated heterocycles. The van der Waals surface area contributed by atoms with Crippen LogP contribution in [-0.4, -0.2) is 58.7 Å². The van der Waals surface area contributed by atoms with Crippen LogP contribution in [0.5, 0.6) is 0 Å². The molecule has 32 heavy (non-hydrogen) atoms. The molecule has 178 valence electrons. The number of amides is 3. The second-order valence-corrected chi connectivity index (χ2v) is 12.8. The molecule has 3 amide bonds. The van der Waals surface area contributed by atoms with E-state index in [9.17, 15) is 14.4 Å². The Morgan fingerprint density at radius 1 is 1.00 bits per heavy atom. The first-order valence-corrected chi connectivity index (χ1v) is 13.0. The molecule has 4 saturated carbocycles. The van der Waals surface area contributed by atoms with Gasteiger partial charge in [-0.1, -0.05) is 0 Å². The molecule has 1 N–H and O–H groups in total. The summed E-state index contributed by atoms with van der Waals surface area (Å²) in [6.45, 7) is 7.96. The lowest BCUT2D eigenvalue weighted by atomic mass is 9.49. The third-order valence-electron chi connectivity index (χ3n) is 9.16. The van der Waals surface area contributed by atoms with Crippen molar-refractivity contribution >= 4 is 17.7 Å². The van der Waals surface area contributed by atoms with Crippen LogP contribution in [0.4, 0.5) is 0 Å². The normalized spacial score (nSPS) is 37.3. The quantitative estimate of drug-likeness (QED) is 0.724. The molecular formula is C26H41N3O3. The predicted molar refractivity (Wildman–Crippen MR) is 123 cm³/mol. The standard InChI is InChI=1S/C26H41N3O3/c1-25(2,3)29-16-20(11-23(29)31)24(32)28-6-4-21(5-7-28)27-22(30)15-26-12-17-8-18(13-26)10-19(9-17)14-26/h17-21H,4-16H2,1-3H3,(H,27,30). The van der Waals surface area contributed by atoms with E-state index in [0.29, 0.717) is 32.5 Å². The van der Waals surface area contributed by atoms with E-state index in [2.05, 4.69) is 5.32 Å². The molecule has 2 heterocycles. The first-order chi connectivity index (χ1) is 15.1. The molecule has 0 radical (unpaired) electrons. The van der Waals surface area contributed by atoms with Crippen LogP contribution in [0, 0.1) is 29.1 Å². The van der Waals surface area contributed by atoms with Gasteiger partial charge in [-0.05, 0) is 95.3 Å². The van der Waals surface area contributed by atoms with Crippen LogP contribution < -0.4 is 5.32 Å². The van der Waals surface area contributed by atoms with Crippen molar-refractivity contribution in [2.24, 2.45) is 29.1 Å². The topological polar surface area (TPSA) is 69.7 Å². The molecule has 1 atom stereocenters. The summed E-state index contributed by atoms with van der Waals surface area (Å²) in [7, 11) is 0. The lowest BCUT2D eigenvalue weighted by Crippen LogP contribution is -2.51. The molecule has 6 nitrogen and oxygen atoms in total. The molecule has 2 aliphatic heterocycles. The van der Waals surface area contributed by atoms with E-state index in [1.54, 1.807) is 0 Å². The van der Waals surface area contributed by atoms with Crippen LogP contribution in [0.2, 0.25) is 0 Å². The number of piperidine rings is 1. The van der Waals surface area contributed by atoms with E-state index >= 15 is 0 Å². The van der Waals surface area contributed by atoms with Crippen molar-refractivity contribution < 1.29 is 14.4 Å². The van der Waals surface area contributed by atoms with Gasteiger partial charge in [-0.25, -0.2) is 0 Å². The van der Waals surface area contributed by atoms with Gasteiger partial charge in [0.1, 0.15) is 0 Å². The van der Waals surface area contributed by atoms with Crippen LogP contribution in [0.3, 0.4) is 0 Å². The third-order valence-corrected chi connectivity index (χ3v) is 9.16. The monoisotopic (exact) mass is 443 g/mol. The van der Waals surface area contributed by atoms with Crippen molar-refractivity contribution in [2.45, 2.75) is 96.6 Å². The summed E-state index contributed by atoms with van der Waals surface area (Å²) in [5.74, 6) is 2.84. The van der Waals surface area contributed by atoms with Gasteiger partial charge in [0.2, 0.25) is 17.7 Å². The summed E-state index contributed by atoms with van der Waals surface area (Å²) in [4.78, 5) is 42.1. The Labute approximate surface area is 192 Å². The number of carbonyl (C=O) groups excluding carboxylic acids is 3. The molecule has 0 aromatic rings. The van der Waals surface area contributed by atoms with Gasteiger partial charge in [0.15, 0.2) is 0 Å². The molecule has 6 aliphatic rings. The zero-order chi connectivity index (χ0) is 22.7. The van der Waals surface area contributed by atoms with Crippen molar-refractivity contribution in [3.8, 4) is 0 Å². The van der Waals surface area contributed by atoms with Gasteiger partial charge in [-0.3, -0.25) is 14.4 Å². The third kappa shape index (κ3) is 4.31. The summed E-state index contributed by atoms with van der Waals surface area (Å²) in [5.41, 5.74) is 0.0452. The minimum atomic E-state index is -0.236. The summed E-state index contributed by atoms with van der Waals surface area (Å²) in [6, 6.07) is 0.178. The van der Waals surface area contributed by atoms with Gasteiger partial charge in [0, 0.05) is 44.1 Å². The summed E-state index contributed by atoms with van der Waals surface area (Å²) >= 11 is 0. The molecule has 6 rings (SSSR count). The SMILES string of the molecule is CC(C)(C)N1CC(C(=O)N2CCC(NC(=O)CC34CC5CC(CC(C5)C3)C4)CC2)CC1=O. The van der Waals surface area contributed by atoms with Gasteiger partial charge in [-0.15, -0.1) is 0 Å². The highest BCUT2D eigenvalue weighted by atomic mass is 16.2. The van der Waals surface area contributed by atoms with Crippen molar-refractivity contribution in [2.75, 3.05) is 19.6 Å². The highest BCUT2D eigenvalue weighted by molar-refractivity contribution is 5.89. The molecule has 4 aliphatic carbocycles. The first kappa shape index (κ1) is 22.2. The lowest BCUT2D eigenvalue weighted by molar-refractivity contribution is -0.137. The maximum Gasteiger partial charge on any atom is 0.227 e. The second kappa shape index (κ2) is 8.02. The average molecular weight is 444 g/mol. The zero-order valence-corrected chi connectivity index (χ0v) is 20.2. The zero-order valence-electron chi connectivity index (χ0n) is 20.2. The fraction of sp³-hybridized carbons (Fsp3) is 0.885. The highest BCUT2D eigenvalue weighted by Crippen LogP contribution is 2.61. The van der Waals surface area contributed by atoms with Crippen LogP contribution in [-0.2, 0) is 14.4 Å². The van der Waals surface area contributed by atoms with E-state index in [1.807, 2.05) is 30.6 Å². The maximum absolute atomic E-state index is 13.0. The van der Waals surface area contributed by atoms with Crippen molar-refractivity contribution in [1.82, 2.24) is 15.1 Å². The fourth-order valence-corrected chi connectivity index (χ4v) is 8.15. The Balaban J connectivity index is 1.09. The van der Waals surface area contributed by atoms with E-state index in [0.717, 1.165) is 30.6 Å². The molecule has 6 heteroatoms. The maximum atomic E-state index is 13.0. The second-order valence-electron chi connectivity index (χ2n) is 12.8. The van der Waals surface area contributed by atoms with Crippen LogP contribution in [0.1, 0.15) is 85.0 Å². The van der Waals surface area contributed by atoms with E-state index < -0.39 is 0 Å². The number of nitrogens with one attached hydrogen (secondary N) is 1. The minimum absolute atomic E-state index is 0.0858. The number of nitrogens with zero attached hydrogens (tertiary/aromatic N) is 2.